The maximum absolute atomic E-state index is 13.1. The molecule has 1 saturated heterocycles. The van der Waals surface area contributed by atoms with Crippen molar-refractivity contribution in [2.75, 3.05) is 38.0 Å². The Morgan fingerprint density at radius 2 is 1.74 bits per heavy atom. The van der Waals surface area contributed by atoms with Crippen LogP contribution < -0.4 is 10.6 Å². The van der Waals surface area contributed by atoms with E-state index in [2.05, 4.69) is 20.1 Å². The van der Waals surface area contributed by atoms with Crippen LogP contribution in [0, 0.1) is 6.92 Å². The van der Waals surface area contributed by atoms with E-state index in [1.165, 1.54) is 12.1 Å². The summed E-state index contributed by atoms with van der Waals surface area (Å²) >= 11 is 0. The van der Waals surface area contributed by atoms with Crippen LogP contribution in [0.5, 0.6) is 0 Å². The minimum absolute atomic E-state index is 0.118. The van der Waals surface area contributed by atoms with E-state index in [0.29, 0.717) is 5.56 Å². The molecule has 0 radical (unpaired) electrons. The van der Waals surface area contributed by atoms with Crippen molar-refractivity contribution in [2.24, 2.45) is 0 Å². The average Bonchev–Trinajstić information content (AvgIpc) is 3.16. The van der Waals surface area contributed by atoms with Gasteiger partial charge in [0.15, 0.2) is 0 Å². The highest BCUT2D eigenvalue weighted by atomic mass is 19.4. The van der Waals surface area contributed by atoms with Crippen molar-refractivity contribution in [1.82, 2.24) is 14.8 Å². The molecular weight excluding hydrogens is 441 g/mol. The summed E-state index contributed by atoms with van der Waals surface area (Å²) in [5, 5.41) is 6.00. The Kier molecular flexibility index (Phi) is 7.38. The van der Waals surface area contributed by atoms with Crippen molar-refractivity contribution in [1.29, 1.82) is 0 Å². The first kappa shape index (κ1) is 24.0. The second kappa shape index (κ2) is 10.4. The van der Waals surface area contributed by atoms with Gasteiger partial charge in [-0.15, -0.1) is 0 Å². The number of piperazine rings is 1. The zero-order chi connectivity index (χ0) is 24.1. The van der Waals surface area contributed by atoms with Gasteiger partial charge < -0.3 is 20.1 Å². The molecule has 5 nitrogen and oxygen atoms in total. The van der Waals surface area contributed by atoms with Crippen LogP contribution in [0.3, 0.4) is 0 Å². The maximum atomic E-state index is 13.1. The van der Waals surface area contributed by atoms with Crippen LogP contribution in [0.1, 0.15) is 28.0 Å². The van der Waals surface area contributed by atoms with Gasteiger partial charge in [0.25, 0.3) is 5.91 Å². The predicted octanol–water partition coefficient (Wildman–Crippen LogP) is 5.03. The molecule has 0 saturated carbocycles. The summed E-state index contributed by atoms with van der Waals surface area (Å²) in [6.07, 6.45) is -3.53. The molecule has 4 rings (SSSR count). The highest BCUT2D eigenvalue weighted by molar-refractivity contribution is 6.06. The van der Waals surface area contributed by atoms with Gasteiger partial charge in [-0.2, -0.15) is 13.2 Å². The molecule has 3 aromatic rings. The third kappa shape index (κ3) is 5.69. The van der Waals surface area contributed by atoms with Crippen LogP contribution in [0.4, 0.5) is 18.9 Å². The van der Waals surface area contributed by atoms with Gasteiger partial charge in [0.05, 0.1) is 11.1 Å². The van der Waals surface area contributed by atoms with Gasteiger partial charge in [0.2, 0.25) is 0 Å². The van der Waals surface area contributed by atoms with Gasteiger partial charge in [0, 0.05) is 49.8 Å². The first-order valence-corrected chi connectivity index (χ1v) is 11.5. The number of amides is 1. The lowest BCUT2D eigenvalue weighted by atomic mass is 10.1. The molecule has 2 heterocycles. The summed E-state index contributed by atoms with van der Waals surface area (Å²) in [5.74, 6) is -0.421. The Labute approximate surface area is 197 Å². The van der Waals surface area contributed by atoms with Gasteiger partial charge >= 0.3 is 6.18 Å². The molecule has 2 aromatic carbocycles. The van der Waals surface area contributed by atoms with Crippen molar-refractivity contribution in [3.63, 3.8) is 0 Å². The van der Waals surface area contributed by atoms with E-state index in [1.807, 2.05) is 43.3 Å². The van der Waals surface area contributed by atoms with Crippen LogP contribution >= 0.6 is 0 Å². The Balaban J connectivity index is 1.56. The highest BCUT2D eigenvalue weighted by Gasteiger charge is 2.30. The zero-order valence-corrected chi connectivity index (χ0v) is 19.2. The topological polar surface area (TPSA) is 49.3 Å². The number of nitrogens with one attached hydrogen (secondary N) is 2. The van der Waals surface area contributed by atoms with Crippen LogP contribution in [-0.2, 0) is 12.7 Å². The molecule has 1 aromatic heterocycles. The number of aromatic nitrogens is 1. The molecule has 0 unspecified atom stereocenters. The number of carbonyl (C=O) groups excluding carboxylic acids is 1. The number of halogens is 3. The first-order chi connectivity index (χ1) is 16.3. The molecule has 8 heteroatoms. The number of carbonyl (C=O) groups is 1. The molecule has 0 atom stereocenters. The van der Waals surface area contributed by atoms with E-state index < -0.39 is 17.6 Å². The number of alkyl halides is 3. The minimum Gasteiger partial charge on any atom is -0.344 e. The lowest BCUT2D eigenvalue weighted by molar-refractivity contribution is -0.137. The van der Waals surface area contributed by atoms with Gasteiger partial charge in [0.1, 0.15) is 0 Å². The molecule has 0 spiro atoms. The van der Waals surface area contributed by atoms with Crippen molar-refractivity contribution < 1.29 is 18.0 Å². The second-order valence-electron chi connectivity index (χ2n) is 8.52. The average molecular weight is 471 g/mol. The van der Waals surface area contributed by atoms with Gasteiger partial charge in [-0.3, -0.25) is 4.79 Å². The summed E-state index contributed by atoms with van der Waals surface area (Å²) in [4.78, 5) is 15.5. The summed E-state index contributed by atoms with van der Waals surface area (Å²) < 4.78 is 41.3. The largest absolute Gasteiger partial charge is 0.416 e. The van der Waals surface area contributed by atoms with Crippen molar-refractivity contribution in [2.45, 2.75) is 26.1 Å². The summed E-state index contributed by atoms with van der Waals surface area (Å²) in [6, 6.07) is 16.4. The summed E-state index contributed by atoms with van der Waals surface area (Å²) in [5.41, 5.74) is 2.49. The Morgan fingerprint density at radius 3 is 2.44 bits per heavy atom. The SMILES string of the molecule is Cc1c(C(=O)Nc2cccc(C(F)(F)F)c2)cc(-c2ccccc2)n1CCCN1CCNCC1. The quantitative estimate of drug-likeness (QED) is 0.509. The van der Waals surface area contributed by atoms with E-state index in [1.54, 1.807) is 0 Å². The number of benzene rings is 2. The molecule has 2 N–H and O–H groups in total. The third-order valence-electron chi connectivity index (χ3n) is 6.19. The lowest BCUT2D eigenvalue weighted by Crippen LogP contribution is -2.43. The Hall–Kier alpha value is -3.10. The van der Waals surface area contributed by atoms with Crippen LogP contribution in [0.15, 0.2) is 60.7 Å². The molecule has 1 aliphatic heterocycles. The Bertz CT molecular complexity index is 1120. The number of hydrogen-bond acceptors (Lipinski definition) is 3. The molecular formula is C26H29F3N4O. The molecule has 1 aliphatic rings. The smallest absolute Gasteiger partial charge is 0.344 e. The fraction of sp³-hybridized carbons (Fsp3) is 0.346. The standard InChI is InChI=1S/C26H29F3N4O/c1-19-23(25(34)31-22-10-5-9-21(17-22)26(27,28)29)18-24(20-7-3-2-4-8-20)33(19)14-6-13-32-15-11-30-12-16-32/h2-5,7-10,17-18,30H,6,11-16H2,1H3,(H,31,34). The number of nitrogens with zero attached hydrogens (tertiary/aromatic N) is 2. The van der Waals surface area contributed by atoms with Crippen LogP contribution in [0.2, 0.25) is 0 Å². The summed E-state index contributed by atoms with van der Waals surface area (Å²) in [6.45, 7) is 7.66. The van der Waals surface area contributed by atoms with E-state index >= 15 is 0 Å². The highest BCUT2D eigenvalue weighted by Crippen LogP contribution is 2.31. The second-order valence-corrected chi connectivity index (χ2v) is 8.52. The normalized spacial score (nSPS) is 14.8. The van der Waals surface area contributed by atoms with Gasteiger partial charge in [-0.05, 0) is 49.7 Å². The number of hydrogen-bond donors (Lipinski definition) is 2. The lowest BCUT2D eigenvalue weighted by Gasteiger charge is -2.27. The van der Waals surface area contributed by atoms with E-state index in [4.69, 9.17) is 0 Å². The molecule has 1 amide bonds. The predicted molar refractivity (Wildman–Crippen MR) is 128 cm³/mol. The molecule has 34 heavy (non-hydrogen) atoms. The van der Waals surface area contributed by atoms with E-state index in [9.17, 15) is 18.0 Å². The van der Waals surface area contributed by atoms with Crippen molar-refractivity contribution in [3.8, 4) is 11.3 Å². The zero-order valence-electron chi connectivity index (χ0n) is 19.2. The minimum atomic E-state index is -4.47. The Morgan fingerprint density at radius 1 is 1.00 bits per heavy atom. The van der Waals surface area contributed by atoms with Gasteiger partial charge in [-0.1, -0.05) is 36.4 Å². The fourth-order valence-corrected chi connectivity index (χ4v) is 4.37. The van der Waals surface area contributed by atoms with Crippen LogP contribution in [0.25, 0.3) is 11.3 Å². The summed E-state index contributed by atoms with van der Waals surface area (Å²) in [7, 11) is 0. The molecule has 0 aliphatic carbocycles. The van der Waals surface area contributed by atoms with Crippen LogP contribution in [-0.4, -0.2) is 48.1 Å². The fourth-order valence-electron chi connectivity index (χ4n) is 4.37. The molecule has 0 bridgehead atoms. The molecule has 1 fully saturated rings. The maximum Gasteiger partial charge on any atom is 0.416 e. The van der Waals surface area contributed by atoms with E-state index in [-0.39, 0.29) is 5.69 Å². The number of anilines is 1. The first-order valence-electron chi connectivity index (χ1n) is 11.5. The monoisotopic (exact) mass is 470 g/mol. The van der Waals surface area contributed by atoms with E-state index in [0.717, 1.165) is 74.8 Å². The third-order valence-corrected chi connectivity index (χ3v) is 6.19. The van der Waals surface area contributed by atoms with Gasteiger partial charge in [-0.25, -0.2) is 0 Å². The number of rotatable bonds is 7. The van der Waals surface area contributed by atoms with Crippen molar-refractivity contribution >= 4 is 11.6 Å². The molecule has 180 valence electrons. The van der Waals surface area contributed by atoms with Crippen molar-refractivity contribution in [3.05, 3.63) is 77.5 Å².